The Balaban J connectivity index is 2.29. The highest BCUT2D eigenvalue weighted by Gasteiger charge is 2.04. The molecule has 0 saturated heterocycles. The normalized spacial score (nSPS) is 9.21. The molecular weight excluding hydrogens is 240 g/mol. The topological polar surface area (TPSA) is 97.4 Å². The zero-order chi connectivity index (χ0) is 13.7. The van der Waals surface area contributed by atoms with Gasteiger partial charge in [-0.05, 0) is 18.2 Å². The van der Waals surface area contributed by atoms with Crippen LogP contribution in [0.1, 0.15) is 11.1 Å². The van der Waals surface area contributed by atoms with E-state index in [9.17, 15) is 0 Å². The molecule has 92 valence electrons. The van der Waals surface area contributed by atoms with E-state index in [1.54, 1.807) is 37.6 Å². The summed E-state index contributed by atoms with van der Waals surface area (Å²) in [6, 6.07) is 8.86. The Labute approximate surface area is 110 Å². The van der Waals surface area contributed by atoms with Crippen molar-refractivity contribution in [2.45, 2.75) is 0 Å². The van der Waals surface area contributed by atoms with Crippen LogP contribution in [0.4, 0.5) is 17.3 Å². The number of nitrogens with zero attached hydrogens (tertiary/aromatic N) is 4. The number of hydrogen-bond acceptors (Lipinski definition) is 6. The monoisotopic (exact) mass is 250 g/mol. The predicted molar refractivity (Wildman–Crippen MR) is 70.7 cm³/mol. The molecule has 0 aliphatic carbocycles. The van der Waals surface area contributed by atoms with Crippen molar-refractivity contribution in [3.63, 3.8) is 0 Å². The molecule has 2 N–H and O–H groups in total. The van der Waals surface area contributed by atoms with Crippen molar-refractivity contribution < 1.29 is 0 Å². The Bertz CT molecular complexity index is 680. The molecule has 2 aromatic rings. The molecule has 19 heavy (non-hydrogen) atoms. The first-order valence-corrected chi connectivity index (χ1v) is 5.48. The molecule has 1 heterocycles. The van der Waals surface area contributed by atoms with Crippen LogP contribution in [0.25, 0.3) is 0 Å². The number of nitriles is 2. The van der Waals surface area contributed by atoms with Crippen molar-refractivity contribution in [1.29, 1.82) is 10.5 Å². The summed E-state index contributed by atoms with van der Waals surface area (Å²) in [5.41, 5.74) is 1.35. The average Bonchev–Trinajstić information content (AvgIpc) is 2.47. The molecule has 0 saturated carbocycles. The molecule has 0 fully saturated rings. The predicted octanol–water partition coefficient (Wildman–Crippen LogP) is 2.01. The van der Waals surface area contributed by atoms with Gasteiger partial charge in [-0.2, -0.15) is 10.5 Å². The third-order valence-electron chi connectivity index (χ3n) is 2.42. The van der Waals surface area contributed by atoms with Crippen LogP contribution >= 0.6 is 0 Å². The summed E-state index contributed by atoms with van der Waals surface area (Å²) in [5.74, 6) is 1.19. The van der Waals surface area contributed by atoms with E-state index in [-0.39, 0.29) is 0 Å². The third-order valence-corrected chi connectivity index (χ3v) is 2.42. The fourth-order valence-electron chi connectivity index (χ4n) is 1.51. The van der Waals surface area contributed by atoms with E-state index in [0.717, 1.165) is 0 Å². The molecule has 0 bridgehead atoms. The number of hydrogen-bond donors (Lipinski definition) is 2. The van der Waals surface area contributed by atoms with E-state index in [0.29, 0.717) is 28.5 Å². The summed E-state index contributed by atoms with van der Waals surface area (Å²) >= 11 is 0. The van der Waals surface area contributed by atoms with E-state index in [1.165, 1.54) is 0 Å². The summed E-state index contributed by atoms with van der Waals surface area (Å²) in [5, 5.41) is 23.7. The van der Waals surface area contributed by atoms with Crippen molar-refractivity contribution in [3.05, 3.63) is 41.7 Å². The van der Waals surface area contributed by atoms with E-state index in [1.807, 2.05) is 12.1 Å². The molecule has 6 nitrogen and oxygen atoms in total. The highest BCUT2D eigenvalue weighted by Crippen LogP contribution is 2.18. The lowest BCUT2D eigenvalue weighted by Crippen LogP contribution is -1.99. The number of aromatic nitrogens is 2. The van der Waals surface area contributed by atoms with Crippen LogP contribution in [0.15, 0.2) is 30.6 Å². The number of nitrogens with one attached hydrogen (secondary N) is 2. The van der Waals surface area contributed by atoms with Crippen LogP contribution in [-0.2, 0) is 0 Å². The molecule has 0 aliphatic rings. The maximum atomic E-state index is 8.96. The van der Waals surface area contributed by atoms with Crippen LogP contribution in [0.3, 0.4) is 0 Å². The fourth-order valence-corrected chi connectivity index (χ4v) is 1.51. The van der Waals surface area contributed by atoms with Crippen molar-refractivity contribution in [3.8, 4) is 12.1 Å². The minimum atomic E-state index is 0.324. The van der Waals surface area contributed by atoms with Crippen molar-refractivity contribution in [2.75, 3.05) is 17.7 Å². The minimum Gasteiger partial charge on any atom is -0.372 e. The molecular formula is C13H10N6. The second-order valence-electron chi connectivity index (χ2n) is 3.65. The van der Waals surface area contributed by atoms with Gasteiger partial charge in [-0.1, -0.05) is 0 Å². The molecule has 6 heteroatoms. The second-order valence-corrected chi connectivity index (χ2v) is 3.65. The largest absolute Gasteiger partial charge is 0.372 e. The van der Waals surface area contributed by atoms with Gasteiger partial charge >= 0.3 is 0 Å². The molecule has 1 aromatic heterocycles. The Kier molecular flexibility index (Phi) is 3.56. The Morgan fingerprint density at radius 3 is 2.47 bits per heavy atom. The zero-order valence-electron chi connectivity index (χ0n) is 10.2. The first-order valence-electron chi connectivity index (χ1n) is 5.48. The maximum absolute atomic E-state index is 8.96. The highest BCUT2D eigenvalue weighted by molar-refractivity contribution is 5.62. The molecule has 0 radical (unpaired) electrons. The van der Waals surface area contributed by atoms with E-state index >= 15 is 0 Å². The zero-order valence-corrected chi connectivity index (χ0v) is 10.2. The second kappa shape index (κ2) is 5.48. The molecule has 0 spiro atoms. The molecule has 2 rings (SSSR count). The van der Waals surface area contributed by atoms with Gasteiger partial charge in [0.15, 0.2) is 5.82 Å². The standard InChI is InChI=1S/C13H10N6/c1-16-12-7-17-8-13(19-12)18-11-3-2-9(5-14)10(4-11)6-15/h2-4,7-8H,1H3,(H2,16,18,19). The molecule has 1 aromatic carbocycles. The van der Waals surface area contributed by atoms with Gasteiger partial charge in [-0.15, -0.1) is 0 Å². The first-order chi connectivity index (χ1) is 9.26. The van der Waals surface area contributed by atoms with Gasteiger partial charge in [-0.25, -0.2) is 4.98 Å². The summed E-state index contributed by atoms with van der Waals surface area (Å²) in [7, 11) is 1.75. The lowest BCUT2D eigenvalue weighted by Gasteiger charge is -2.07. The summed E-state index contributed by atoms with van der Waals surface area (Å²) in [4.78, 5) is 8.28. The van der Waals surface area contributed by atoms with Crippen molar-refractivity contribution in [1.82, 2.24) is 9.97 Å². The van der Waals surface area contributed by atoms with Crippen LogP contribution in [0.2, 0.25) is 0 Å². The van der Waals surface area contributed by atoms with Crippen LogP contribution in [-0.4, -0.2) is 17.0 Å². The first kappa shape index (κ1) is 12.3. The molecule has 0 atom stereocenters. The number of benzene rings is 1. The fraction of sp³-hybridized carbons (Fsp3) is 0.0769. The third kappa shape index (κ3) is 2.76. The minimum absolute atomic E-state index is 0.324. The van der Waals surface area contributed by atoms with Crippen LogP contribution in [0.5, 0.6) is 0 Å². The van der Waals surface area contributed by atoms with Crippen molar-refractivity contribution >= 4 is 17.3 Å². The quantitative estimate of drug-likeness (QED) is 0.864. The molecule has 0 amide bonds. The Morgan fingerprint density at radius 2 is 1.79 bits per heavy atom. The van der Waals surface area contributed by atoms with E-state index in [4.69, 9.17) is 10.5 Å². The van der Waals surface area contributed by atoms with Crippen LogP contribution in [0, 0.1) is 22.7 Å². The van der Waals surface area contributed by atoms with Crippen LogP contribution < -0.4 is 10.6 Å². The molecule has 0 aliphatic heterocycles. The number of anilines is 3. The number of rotatable bonds is 3. The van der Waals surface area contributed by atoms with Crippen molar-refractivity contribution in [2.24, 2.45) is 0 Å². The van der Waals surface area contributed by atoms with Gasteiger partial charge in [0.2, 0.25) is 0 Å². The lowest BCUT2D eigenvalue weighted by atomic mass is 10.1. The summed E-state index contributed by atoms with van der Waals surface area (Å²) in [6.07, 6.45) is 3.18. The smallest absolute Gasteiger partial charge is 0.151 e. The molecule has 0 unspecified atom stereocenters. The Morgan fingerprint density at radius 1 is 1.05 bits per heavy atom. The van der Waals surface area contributed by atoms with Gasteiger partial charge in [0.25, 0.3) is 0 Å². The average molecular weight is 250 g/mol. The van der Waals surface area contributed by atoms with E-state index < -0.39 is 0 Å². The SMILES string of the molecule is CNc1cncc(Nc2ccc(C#N)c(C#N)c2)n1. The van der Waals surface area contributed by atoms with Gasteiger partial charge in [-0.3, -0.25) is 4.98 Å². The van der Waals surface area contributed by atoms with Gasteiger partial charge in [0.05, 0.1) is 23.5 Å². The summed E-state index contributed by atoms with van der Waals surface area (Å²) in [6.45, 7) is 0. The highest BCUT2D eigenvalue weighted by atomic mass is 15.1. The lowest BCUT2D eigenvalue weighted by molar-refractivity contribution is 1.18. The Hall–Kier alpha value is -3.12. The van der Waals surface area contributed by atoms with Gasteiger partial charge < -0.3 is 10.6 Å². The van der Waals surface area contributed by atoms with Gasteiger partial charge in [0.1, 0.15) is 18.0 Å². The maximum Gasteiger partial charge on any atom is 0.151 e. The van der Waals surface area contributed by atoms with Gasteiger partial charge in [0, 0.05) is 12.7 Å². The van der Waals surface area contributed by atoms with E-state index in [2.05, 4.69) is 20.6 Å². The summed E-state index contributed by atoms with van der Waals surface area (Å²) < 4.78 is 0.